The molecule has 0 bridgehead atoms. The molecule has 0 saturated heterocycles. The largest absolute Gasteiger partial charge is 0.405 e. The van der Waals surface area contributed by atoms with E-state index < -0.39 is 12.7 Å². The van der Waals surface area contributed by atoms with Crippen LogP contribution in [-0.4, -0.2) is 30.5 Å². The van der Waals surface area contributed by atoms with Crippen molar-refractivity contribution in [1.29, 1.82) is 0 Å². The first-order valence-electron chi connectivity index (χ1n) is 9.90. The maximum absolute atomic E-state index is 13.7. The van der Waals surface area contributed by atoms with Crippen molar-refractivity contribution in [3.63, 3.8) is 0 Å². The Morgan fingerprint density at radius 1 is 1.00 bits per heavy atom. The summed E-state index contributed by atoms with van der Waals surface area (Å²) in [7, 11) is 0. The molecule has 3 nitrogen and oxygen atoms in total. The van der Waals surface area contributed by atoms with Crippen LogP contribution in [0.1, 0.15) is 33.9 Å². The summed E-state index contributed by atoms with van der Waals surface area (Å²) in [6.07, 6.45) is -2.66. The van der Waals surface area contributed by atoms with E-state index in [1.807, 2.05) is 31.2 Å². The number of aromatic nitrogens is 1. The van der Waals surface area contributed by atoms with Gasteiger partial charge in [-0.05, 0) is 59.9 Å². The number of alkyl halides is 3. The summed E-state index contributed by atoms with van der Waals surface area (Å²) in [4.78, 5) is 9.10. The molecular weight excluding hydrogens is 406 g/mol. The van der Waals surface area contributed by atoms with Gasteiger partial charge in [-0.25, -0.2) is 9.37 Å². The van der Waals surface area contributed by atoms with Crippen LogP contribution in [0, 0.1) is 19.7 Å². The van der Waals surface area contributed by atoms with Gasteiger partial charge in [0.15, 0.2) is 0 Å². The van der Waals surface area contributed by atoms with Crippen LogP contribution in [0.4, 0.5) is 23.4 Å². The smallest absolute Gasteiger partial charge is 0.361 e. The second kappa shape index (κ2) is 8.13. The Balaban J connectivity index is 1.90. The number of aryl methyl sites for hydroxylation is 2. The van der Waals surface area contributed by atoms with E-state index in [0.29, 0.717) is 23.4 Å². The Morgan fingerprint density at radius 2 is 1.77 bits per heavy atom. The van der Waals surface area contributed by atoms with Gasteiger partial charge in [0.2, 0.25) is 0 Å². The normalized spacial score (nSPS) is 15.6. The lowest BCUT2D eigenvalue weighted by Crippen LogP contribution is -2.23. The number of rotatable bonds is 4. The van der Waals surface area contributed by atoms with Crippen LogP contribution in [0.2, 0.25) is 0 Å². The van der Waals surface area contributed by atoms with Crippen molar-refractivity contribution in [2.75, 3.05) is 18.4 Å². The summed E-state index contributed by atoms with van der Waals surface area (Å²) in [5.41, 5.74) is 5.58. The van der Waals surface area contributed by atoms with Crippen molar-refractivity contribution in [3.05, 3.63) is 82.3 Å². The molecule has 1 unspecified atom stereocenters. The van der Waals surface area contributed by atoms with E-state index in [2.05, 4.69) is 15.3 Å². The Morgan fingerprint density at radius 3 is 2.48 bits per heavy atom. The van der Waals surface area contributed by atoms with Gasteiger partial charge < -0.3 is 5.32 Å². The highest BCUT2D eigenvalue weighted by Crippen LogP contribution is 2.38. The van der Waals surface area contributed by atoms with Gasteiger partial charge in [-0.3, -0.25) is 4.99 Å². The van der Waals surface area contributed by atoms with Gasteiger partial charge in [-0.1, -0.05) is 30.3 Å². The van der Waals surface area contributed by atoms with Crippen LogP contribution in [0.3, 0.4) is 0 Å². The van der Waals surface area contributed by atoms with Crippen LogP contribution >= 0.6 is 0 Å². The summed E-state index contributed by atoms with van der Waals surface area (Å²) >= 11 is 0. The van der Waals surface area contributed by atoms with Crippen LogP contribution < -0.4 is 5.32 Å². The van der Waals surface area contributed by atoms with E-state index in [1.54, 1.807) is 25.3 Å². The van der Waals surface area contributed by atoms with Gasteiger partial charge in [0.25, 0.3) is 0 Å². The van der Waals surface area contributed by atoms with E-state index in [-0.39, 0.29) is 17.6 Å². The quantitative estimate of drug-likeness (QED) is 0.515. The van der Waals surface area contributed by atoms with Crippen molar-refractivity contribution < 1.29 is 17.6 Å². The number of halogens is 4. The molecule has 31 heavy (non-hydrogen) atoms. The fourth-order valence-corrected chi connectivity index (χ4v) is 3.97. The lowest BCUT2D eigenvalue weighted by Gasteiger charge is -2.25. The Bertz CT molecular complexity index is 1150. The average Bonchev–Trinajstić information content (AvgIpc) is 2.71. The molecule has 2 heterocycles. The molecule has 0 fully saturated rings. The second-order valence-electron chi connectivity index (χ2n) is 7.69. The summed E-state index contributed by atoms with van der Waals surface area (Å²) in [5.74, 6) is -0.428. The molecule has 1 aliphatic rings. The van der Waals surface area contributed by atoms with E-state index >= 15 is 0 Å². The number of hydrogen-bond acceptors (Lipinski definition) is 3. The number of nitrogens with zero attached hydrogens (tertiary/aromatic N) is 2. The summed E-state index contributed by atoms with van der Waals surface area (Å²) in [6, 6.07) is 13.8. The van der Waals surface area contributed by atoms with Crippen LogP contribution in [0.25, 0.3) is 11.1 Å². The highest BCUT2D eigenvalue weighted by atomic mass is 19.4. The zero-order valence-electron chi connectivity index (χ0n) is 17.1. The summed E-state index contributed by atoms with van der Waals surface area (Å²) < 4.78 is 52.2. The van der Waals surface area contributed by atoms with E-state index in [4.69, 9.17) is 0 Å². The number of aliphatic imine (C=N–C) groups is 1. The molecule has 160 valence electrons. The fraction of sp³-hybridized carbons (Fsp3) is 0.250. The molecule has 1 atom stereocenters. The van der Waals surface area contributed by atoms with Gasteiger partial charge in [0, 0.05) is 17.7 Å². The fourth-order valence-electron chi connectivity index (χ4n) is 3.97. The molecule has 4 rings (SSSR count). The van der Waals surface area contributed by atoms with Crippen molar-refractivity contribution in [2.24, 2.45) is 4.99 Å². The SMILES string of the molecule is Cc1cc(F)ccc1-c1cc(NCC(F)(F)F)nc2c1C=NCC2c1ccccc1C. The molecule has 0 saturated carbocycles. The number of hydrogen-bond donors (Lipinski definition) is 1. The van der Waals surface area contributed by atoms with Crippen LogP contribution in [-0.2, 0) is 0 Å². The Hall–Kier alpha value is -3.22. The summed E-state index contributed by atoms with van der Waals surface area (Å²) in [5, 5.41) is 2.41. The first-order valence-corrected chi connectivity index (χ1v) is 9.90. The molecule has 1 aliphatic heterocycles. The van der Waals surface area contributed by atoms with Crippen LogP contribution in [0.5, 0.6) is 0 Å². The maximum Gasteiger partial charge on any atom is 0.405 e. The molecule has 0 radical (unpaired) electrons. The Kier molecular flexibility index (Phi) is 5.52. The second-order valence-corrected chi connectivity index (χ2v) is 7.69. The first-order chi connectivity index (χ1) is 14.7. The van der Waals surface area contributed by atoms with E-state index in [0.717, 1.165) is 22.3 Å². The highest BCUT2D eigenvalue weighted by Gasteiger charge is 2.29. The predicted octanol–water partition coefficient (Wildman–Crippen LogP) is 6.04. The minimum Gasteiger partial charge on any atom is -0.361 e. The molecule has 3 aromatic rings. The Labute approximate surface area is 177 Å². The van der Waals surface area contributed by atoms with Crippen molar-refractivity contribution in [2.45, 2.75) is 25.9 Å². The third-order valence-electron chi connectivity index (χ3n) is 5.44. The van der Waals surface area contributed by atoms with E-state index in [1.165, 1.54) is 12.1 Å². The lowest BCUT2D eigenvalue weighted by molar-refractivity contribution is -0.115. The minimum absolute atomic E-state index is 0.128. The number of fused-ring (bicyclic) bond motifs is 1. The standard InChI is InChI=1S/C24H21F4N3/c1-14-5-3-4-6-17(14)20-11-29-12-21-19(18-8-7-16(25)9-15(18)2)10-22(31-23(20)21)30-13-24(26,27)28/h3-10,12,20H,11,13H2,1-2H3,(H,30,31). The highest BCUT2D eigenvalue weighted by molar-refractivity contribution is 5.94. The van der Waals surface area contributed by atoms with Gasteiger partial charge >= 0.3 is 6.18 Å². The number of benzene rings is 2. The molecule has 7 heteroatoms. The van der Waals surface area contributed by atoms with E-state index in [9.17, 15) is 17.6 Å². The van der Waals surface area contributed by atoms with Crippen molar-refractivity contribution in [3.8, 4) is 11.1 Å². The van der Waals surface area contributed by atoms with Gasteiger partial charge in [-0.15, -0.1) is 0 Å². The third-order valence-corrected chi connectivity index (χ3v) is 5.44. The molecule has 0 aliphatic carbocycles. The predicted molar refractivity (Wildman–Crippen MR) is 114 cm³/mol. The molecule has 1 aromatic heterocycles. The average molecular weight is 427 g/mol. The minimum atomic E-state index is -4.37. The molecule has 1 N–H and O–H groups in total. The zero-order valence-corrected chi connectivity index (χ0v) is 17.1. The van der Waals surface area contributed by atoms with Crippen molar-refractivity contribution in [1.82, 2.24) is 4.98 Å². The van der Waals surface area contributed by atoms with Crippen LogP contribution in [0.15, 0.2) is 53.5 Å². The molecule has 2 aromatic carbocycles. The van der Waals surface area contributed by atoms with Gasteiger partial charge in [0.1, 0.15) is 18.2 Å². The number of nitrogens with one attached hydrogen (secondary N) is 1. The molecule has 0 amide bonds. The van der Waals surface area contributed by atoms with Crippen molar-refractivity contribution >= 4 is 12.0 Å². The number of pyridine rings is 1. The molecular formula is C24H21F4N3. The third kappa shape index (κ3) is 4.45. The van der Waals surface area contributed by atoms with Gasteiger partial charge in [-0.2, -0.15) is 13.2 Å². The monoisotopic (exact) mass is 427 g/mol. The first kappa shape index (κ1) is 21.0. The zero-order chi connectivity index (χ0) is 22.2. The topological polar surface area (TPSA) is 37.3 Å². The number of anilines is 1. The maximum atomic E-state index is 13.7. The van der Waals surface area contributed by atoms with Gasteiger partial charge in [0.05, 0.1) is 12.2 Å². The molecule has 0 spiro atoms. The lowest BCUT2D eigenvalue weighted by atomic mass is 9.85. The summed E-state index contributed by atoms with van der Waals surface area (Å²) in [6.45, 7) is 3.02.